The molecule has 1 saturated heterocycles. The summed E-state index contributed by atoms with van der Waals surface area (Å²) in [6, 6.07) is 2.14. The van der Waals surface area contributed by atoms with Crippen molar-refractivity contribution < 1.29 is 9.53 Å². The van der Waals surface area contributed by atoms with Crippen LogP contribution in [0, 0.1) is 12.8 Å². The SMILES string of the molecule is Cc1cc(C(=O)NC2CCOC2C2CC2)sc1Br. The number of carbonyl (C=O) groups excluding carboxylic acids is 1. The van der Waals surface area contributed by atoms with Crippen LogP contribution in [-0.2, 0) is 4.74 Å². The summed E-state index contributed by atoms with van der Waals surface area (Å²) in [5.41, 5.74) is 1.12. The van der Waals surface area contributed by atoms with E-state index in [0.717, 1.165) is 27.3 Å². The Labute approximate surface area is 119 Å². The molecule has 1 aliphatic carbocycles. The monoisotopic (exact) mass is 329 g/mol. The van der Waals surface area contributed by atoms with E-state index < -0.39 is 0 Å². The summed E-state index contributed by atoms with van der Waals surface area (Å²) in [6.07, 6.45) is 3.69. The molecule has 0 spiro atoms. The van der Waals surface area contributed by atoms with Crippen LogP contribution in [0.15, 0.2) is 9.85 Å². The number of hydrogen-bond donors (Lipinski definition) is 1. The summed E-state index contributed by atoms with van der Waals surface area (Å²) in [5, 5.41) is 3.13. The van der Waals surface area contributed by atoms with Gasteiger partial charge in [-0.15, -0.1) is 11.3 Å². The first kappa shape index (κ1) is 12.6. The maximum Gasteiger partial charge on any atom is 0.261 e. The molecule has 3 rings (SSSR count). The Morgan fingerprint density at radius 2 is 2.28 bits per heavy atom. The highest BCUT2D eigenvalue weighted by molar-refractivity contribution is 9.11. The van der Waals surface area contributed by atoms with E-state index in [9.17, 15) is 4.79 Å². The maximum absolute atomic E-state index is 12.2. The molecule has 5 heteroatoms. The van der Waals surface area contributed by atoms with E-state index in [-0.39, 0.29) is 18.1 Å². The van der Waals surface area contributed by atoms with E-state index in [2.05, 4.69) is 21.2 Å². The van der Waals surface area contributed by atoms with Gasteiger partial charge >= 0.3 is 0 Å². The van der Waals surface area contributed by atoms with Gasteiger partial charge in [0.15, 0.2) is 0 Å². The number of carbonyl (C=O) groups is 1. The summed E-state index contributed by atoms with van der Waals surface area (Å²) in [6.45, 7) is 2.78. The molecule has 1 amide bonds. The lowest BCUT2D eigenvalue weighted by Crippen LogP contribution is -2.41. The van der Waals surface area contributed by atoms with Gasteiger partial charge in [0.1, 0.15) is 0 Å². The molecular weight excluding hydrogens is 314 g/mol. The second-order valence-electron chi connectivity index (χ2n) is 5.11. The largest absolute Gasteiger partial charge is 0.376 e. The number of halogens is 1. The first-order valence-electron chi connectivity index (χ1n) is 6.33. The molecule has 1 saturated carbocycles. The summed E-state index contributed by atoms with van der Waals surface area (Å²) < 4.78 is 6.77. The van der Waals surface area contributed by atoms with E-state index in [1.54, 1.807) is 0 Å². The first-order valence-corrected chi connectivity index (χ1v) is 7.94. The average Bonchev–Trinajstić information content (AvgIpc) is 2.99. The fraction of sp³-hybridized carbons (Fsp3) is 0.615. The van der Waals surface area contributed by atoms with Crippen LogP contribution in [0.4, 0.5) is 0 Å². The Kier molecular flexibility index (Phi) is 3.47. The molecule has 18 heavy (non-hydrogen) atoms. The fourth-order valence-electron chi connectivity index (χ4n) is 2.47. The van der Waals surface area contributed by atoms with Crippen LogP contribution in [0.1, 0.15) is 34.5 Å². The lowest BCUT2D eigenvalue weighted by Gasteiger charge is -2.18. The highest BCUT2D eigenvalue weighted by atomic mass is 79.9. The lowest BCUT2D eigenvalue weighted by atomic mass is 10.1. The molecule has 2 aliphatic rings. The Bertz CT molecular complexity index is 450. The number of hydrogen-bond acceptors (Lipinski definition) is 3. The molecule has 0 aromatic carbocycles. The molecule has 2 heterocycles. The Balaban J connectivity index is 1.66. The quantitative estimate of drug-likeness (QED) is 0.925. The minimum absolute atomic E-state index is 0.0370. The minimum atomic E-state index is 0.0370. The van der Waals surface area contributed by atoms with E-state index in [4.69, 9.17) is 4.74 Å². The van der Waals surface area contributed by atoms with Gasteiger partial charge in [-0.25, -0.2) is 0 Å². The number of rotatable bonds is 3. The average molecular weight is 330 g/mol. The van der Waals surface area contributed by atoms with E-state index >= 15 is 0 Å². The van der Waals surface area contributed by atoms with Crippen LogP contribution in [0.25, 0.3) is 0 Å². The van der Waals surface area contributed by atoms with Crippen molar-refractivity contribution in [2.24, 2.45) is 5.92 Å². The topological polar surface area (TPSA) is 38.3 Å². The molecule has 1 aromatic heterocycles. The van der Waals surface area contributed by atoms with Crippen molar-refractivity contribution in [3.8, 4) is 0 Å². The van der Waals surface area contributed by atoms with Crippen LogP contribution >= 0.6 is 27.3 Å². The Morgan fingerprint density at radius 1 is 1.50 bits per heavy atom. The van der Waals surface area contributed by atoms with Crippen molar-refractivity contribution in [3.05, 3.63) is 20.3 Å². The maximum atomic E-state index is 12.2. The summed E-state index contributed by atoms with van der Waals surface area (Å²) in [5.74, 6) is 0.713. The van der Waals surface area contributed by atoms with Crippen LogP contribution in [0.5, 0.6) is 0 Å². The third-order valence-electron chi connectivity index (χ3n) is 3.62. The molecular formula is C13H16BrNO2S. The van der Waals surface area contributed by atoms with Gasteiger partial charge in [0.05, 0.1) is 20.8 Å². The van der Waals surface area contributed by atoms with Gasteiger partial charge < -0.3 is 10.1 Å². The normalized spacial score (nSPS) is 27.4. The van der Waals surface area contributed by atoms with Crippen LogP contribution < -0.4 is 5.32 Å². The fourth-order valence-corrected chi connectivity index (χ4v) is 3.90. The number of aryl methyl sites for hydroxylation is 1. The van der Waals surface area contributed by atoms with Gasteiger partial charge in [0.25, 0.3) is 5.91 Å². The third kappa shape index (κ3) is 2.49. The van der Waals surface area contributed by atoms with E-state index in [0.29, 0.717) is 5.92 Å². The van der Waals surface area contributed by atoms with Crippen molar-refractivity contribution >= 4 is 33.2 Å². The third-order valence-corrected chi connectivity index (χ3v) is 5.76. The molecule has 1 aromatic rings. The van der Waals surface area contributed by atoms with E-state index in [1.807, 2.05) is 13.0 Å². The molecule has 2 atom stereocenters. The van der Waals surface area contributed by atoms with E-state index in [1.165, 1.54) is 24.2 Å². The second-order valence-corrected chi connectivity index (χ2v) is 7.48. The lowest BCUT2D eigenvalue weighted by molar-refractivity contribution is 0.0731. The number of thiophene rings is 1. The van der Waals surface area contributed by atoms with Gasteiger partial charge in [-0.2, -0.15) is 0 Å². The molecule has 1 N–H and O–H groups in total. The van der Waals surface area contributed by atoms with Gasteiger partial charge in [-0.3, -0.25) is 4.79 Å². The molecule has 2 fully saturated rings. The molecule has 3 nitrogen and oxygen atoms in total. The number of amides is 1. The van der Waals surface area contributed by atoms with Crippen molar-refractivity contribution in [1.29, 1.82) is 0 Å². The van der Waals surface area contributed by atoms with Gasteiger partial charge in [0.2, 0.25) is 0 Å². The molecule has 0 bridgehead atoms. The molecule has 98 valence electrons. The summed E-state index contributed by atoms with van der Waals surface area (Å²) in [4.78, 5) is 13.0. The predicted octanol–water partition coefficient (Wildman–Crippen LogP) is 3.12. The first-order chi connectivity index (χ1) is 8.65. The van der Waals surface area contributed by atoms with Gasteiger partial charge in [0, 0.05) is 6.61 Å². The zero-order chi connectivity index (χ0) is 12.7. The van der Waals surface area contributed by atoms with Crippen molar-refractivity contribution in [1.82, 2.24) is 5.32 Å². The zero-order valence-corrected chi connectivity index (χ0v) is 12.6. The summed E-state index contributed by atoms with van der Waals surface area (Å²) in [7, 11) is 0. The minimum Gasteiger partial charge on any atom is -0.376 e. The summed E-state index contributed by atoms with van der Waals surface area (Å²) >= 11 is 4.95. The van der Waals surface area contributed by atoms with Crippen molar-refractivity contribution in [2.75, 3.05) is 6.61 Å². The number of ether oxygens (including phenoxy) is 1. The Hall–Kier alpha value is -0.390. The predicted molar refractivity (Wildman–Crippen MR) is 75.1 cm³/mol. The molecule has 1 aliphatic heterocycles. The standard InChI is InChI=1S/C13H16BrNO2S/c1-7-6-10(18-12(7)14)13(16)15-9-4-5-17-11(9)8-2-3-8/h6,8-9,11H,2-5H2,1H3,(H,15,16). The molecule has 0 radical (unpaired) electrons. The zero-order valence-electron chi connectivity index (χ0n) is 10.2. The smallest absolute Gasteiger partial charge is 0.261 e. The van der Waals surface area contributed by atoms with Crippen molar-refractivity contribution in [2.45, 2.75) is 38.3 Å². The van der Waals surface area contributed by atoms with Crippen LogP contribution in [0.2, 0.25) is 0 Å². The van der Waals surface area contributed by atoms with Crippen molar-refractivity contribution in [3.63, 3.8) is 0 Å². The van der Waals surface area contributed by atoms with Gasteiger partial charge in [-0.1, -0.05) is 0 Å². The molecule has 2 unspecified atom stereocenters. The number of nitrogens with one attached hydrogen (secondary N) is 1. The van der Waals surface area contributed by atoms with Crippen LogP contribution in [-0.4, -0.2) is 24.7 Å². The second kappa shape index (κ2) is 4.94. The highest BCUT2D eigenvalue weighted by Gasteiger charge is 2.41. The van der Waals surface area contributed by atoms with Gasteiger partial charge in [-0.05, 0) is 59.7 Å². The van der Waals surface area contributed by atoms with Crippen LogP contribution in [0.3, 0.4) is 0 Å². The Morgan fingerprint density at radius 3 is 2.89 bits per heavy atom. The highest BCUT2D eigenvalue weighted by Crippen LogP contribution is 2.39.